The van der Waals surface area contributed by atoms with Crippen molar-refractivity contribution in [2.75, 3.05) is 38.2 Å². The first-order valence-corrected chi connectivity index (χ1v) is 11.1. The number of aryl methyl sites for hydroxylation is 1. The van der Waals surface area contributed by atoms with Gasteiger partial charge in [0, 0.05) is 49.9 Å². The van der Waals surface area contributed by atoms with Gasteiger partial charge < -0.3 is 14.5 Å². The van der Waals surface area contributed by atoms with Gasteiger partial charge in [-0.1, -0.05) is 13.8 Å². The molecule has 1 aliphatic rings. The third-order valence-electron chi connectivity index (χ3n) is 5.83. The SMILES string of the molecule is COc1ccnc(N2CCN(C(=O)Cn3nc(-c4ccc(F)c(C)c4)nc3C(C)C)CC2)c1. The zero-order chi connectivity index (χ0) is 23.5. The van der Waals surface area contributed by atoms with E-state index in [1.807, 2.05) is 30.9 Å². The van der Waals surface area contributed by atoms with Gasteiger partial charge in [0.15, 0.2) is 5.82 Å². The van der Waals surface area contributed by atoms with Gasteiger partial charge in [-0.05, 0) is 36.8 Å². The predicted molar refractivity (Wildman–Crippen MR) is 124 cm³/mol. The molecule has 0 unspecified atom stereocenters. The minimum Gasteiger partial charge on any atom is -0.497 e. The van der Waals surface area contributed by atoms with Crippen LogP contribution in [-0.2, 0) is 11.3 Å². The Morgan fingerprint density at radius 1 is 1.15 bits per heavy atom. The van der Waals surface area contributed by atoms with Crippen LogP contribution in [0.5, 0.6) is 5.75 Å². The van der Waals surface area contributed by atoms with Gasteiger partial charge >= 0.3 is 0 Å². The number of halogens is 1. The molecule has 0 spiro atoms. The van der Waals surface area contributed by atoms with Crippen molar-refractivity contribution in [2.24, 2.45) is 0 Å². The number of methoxy groups -OCH3 is 1. The Labute approximate surface area is 193 Å². The number of nitrogens with zero attached hydrogens (tertiary/aromatic N) is 6. The summed E-state index contributed by atoms with van der Waals surface area (Å²) < 4.78 is 20.6. The Balaban J connectivity index is 1.45. The minimum absolute atomic E-state index is 0.00175. The highest BCUT2D eigenvalue weighted by Gasteiger charge is 2.24. The number of rotatable bonds is 6. The quantitative estimate of drug-likeness (QED) is 0.571. The van der Waals surface area contributed by atoms with Crippen LogP contribution in [0.25, 0.3) is 11.4 Å². The molecule has 174 valence electrons. The Morgan fingerprint density at radius 3 is 2.58 bits per heavy atom. The molecule has 1 aliphatic heterocycles. The maximum atomic E-state index is 13.7. The van der Waals surface area contributed by atoms with E-state index >= 15 is 0 Å². The second kappa shape index (κ2) is 9.56. The summed E-state index contributed by atoms with van der Waals surface area (Å²) in [5.41, 5.74) is 1.27. The summed E-state index contributed by atoms with van der Waals surface area (Å²) in [6.45, 7) is 8.47. The Kier molecular flexibility index (Phi) is 6.57. The minimum atomic E-state index is -0.263. The lowest BCUT2D eigenvalue weighted by atomic mass is 10.1. The summed E-state index contributed by atoms with van der Waals surface area (Å²) in [6.07, 6.45) is 1.73. The Morgan fingerprint density at radius 2 is 1.91 bits per heavy atom. The molecule has 1 amide bonds. The summed E-state index contributed by atoms with van der Waals surface area (Å²) in [4.78, 5) is 26.1. The molecule has 0 atom stereocenters. The average Bonchev–Trinajstić information content (AvgIpc) is 3.25. The molecule has 3 heterocycles. The van der Waals surface area contributed by atoms with Crippen LogP contribution in [0.1, 0.15) is 31.2 Å². The number of aromatic nitrogens is 4. The van der Waals surface area contributed by atoms with Gasteiger partial charge in [0.2, 0.25) is 5.91 Å². The number of amides is 1. The van der Waals surface area contributed by atoms with E-state index < -0.39 is 0 Å². The summed E-state index contributed by atoms with van der Waals surface area (Å²) in [5.74, 6) is 2.68. The van der Waals surface area contributed by atoms with Crippen molar-refractivity contribution in [3.63, 3.8) is 0 Å². The van der Waals surface area contributed by atoms with Crippen LogP contribution in [0.4, 0.5) is 10.2 Å². The normalized spacial score (nSPS) is 14.1. The monoisotopic (exact) mass is 452 g/mol. The highest BCUT2D eigenvalue weighted by atomic mass is 19.1. The molecule has 0 aliphatic carbocycles. The van der Waals surface area contributed by atoms with Crippen molar-refractivity contribution in [2.45, 2.75) is 33.2 Å². The number of carbonyl (C=O) groups is 1. The highest BCUT2D eigenvalue weighted by Crippen LogP contribution is 2.23. The molecule has 8 nitrogen and oxygen atoms in total. The Hall–Kier alpha value is -3.49. The highest BCUT2D eigenvalue weighted by molar-refractivity contribution is 5.76. The van der Waals surface area contributed by atoms with Gasteiger partial charge in [-0.15, -0.1) is 0 Å². The molecular formula is C24H29FN6O2. The molecule has 4 rings (SSSR count). The topological polar surface area (TPSA) is 76.4 Å². The van der Waals surface area contributed by atoms with Gasteiger partial charge in [0.25, 0.3) is 0 Å². The van der Waals surface area contributed by atoms with E-state index in [4.69, 9.17) is 4.74 Å². The van der Waals surface area contributed by atoms with E-state index in [1.165, 1.54) is 6.07 Å². The maximum absolute atomic E-state index is 13.7. The number of carbonyl (C=O) groups excluding carboxylic acids is 1. The number of anilines is 1. The standard InChI is InChI=1S/C24H29FN6O2/c1-16(2)24-27-23(18-5-6-20(25)17(3)13-18)28-31(24)15-22(32)30-11-9-29(10-12-30)21-14-19(33-4)7-8-26-21/h5-8,13-14,16H,9-12,15H2,1-4H3. The molecule has 9 heteroatoms. The fraction of sp³-hybridized carbons (Fsp3) is 0.417. The number of ether oxygens (including phenoxy) is 1. The van der Waals surface area contributed by atoms with Gasteiger partial charge in [-0.25, -0.2) is 19.0 Å². The largest absolute Gasteiger partial charge is 0.497 e. The molecule has 3 aromatic rings. The third kappa shape index (κ3) is 4.97. The van der Waals surface area contributed by atoms with Crippen LogP contribution in [0.15, 0.2) is 36.5 Å². The van der Waals surface area contributed by atoms with Crippen molar-refractivity contribution in [1.82, 2.24) is 24.6 Å². The molecule has 1 saturated heterocycles. The van der Waals surface area contributed by atoms with Crippen LogP contribution in [0.2, 0.25) is 0 Å². The summed E-state index contributed by atoms with van der Waals surface area (Å²) in [5, 5.41) is 4.59. The second-order valence-electron chi connectivity index (χ2n) is 8.49. The van der Waals surface area contributed by atoms with Crippen molar-refractivity contribution in [3.8, 4) is 17.1 Å². The summed E-state index contributed by atoms with van der Waals surface area (Å²) >= 11 is 0. The average molecular weight is 453 g/mol. The summed E-state index contributed by atoms with van der Waals surface area (Å²) in [7, 11) is 1.63. The van der Waals surface area contributed by atoms with E-state index in [2.05, 4.69) is 20.0 Å². The van der Waals surface area contributed by atoms with E-state index in [0.29, 0.717) is 37.6 Å². The van der Waals surface area contributed by atoms with Gasteiger partial charge in [0.05, 0.1) is 7.11 Å². The summed E-state index contributed by atoms with van der Waals surface area (Å²) in [6, 6.07) is 8.53. The number of piperazine rings is 1. The number of pyridine rings is 1. The lowest BCUT2D eigenvalue weighted by molar-refractivity contribution is -0.132. The lowest BCUT2D eigenvalue weighted by Crippen LogP contribution is -2.50. The lowest BCUT2D eigenvalue weighted by Gasteiger charge is -2.35. The Bertz CT molecular complexity index is 1140. The molecule has 1 fully saturated rings. The second-order valence-corrected chi connectivity index (χ2v) is 8.49. The van der Waals surface area contributed by atoms with Gasteiger partial charge in [0.1, 0.15) is 29.8 Å². The van der Waals surface area contributed by atoms with E-state index in [1.54, 1.807) is 37.0 Å². The van der Waals surface area contributed by atoms with Gasteiger partial charge in [-0.3, -0.25) is 4.79 Å². The van der Waals surface area contributed by atoms with Crippen LogP contribution >= 0.6 is 0 Å². The molecule has 0 N–H and O–H groups in total. The van der Waals surface area contributed by atoms with Crippen molar-refractivity contribution in [3.05, 3.63) is 53.7 Å². The molecule has 2 aromatic heterocycles. The maximum Gasteiger partial charge on any atom is 0.244 e. The molecule has 0 bridgehead atoms. The van der Waals surface area contributed by atoms with Crippen LogP contribution in [0.3, 0.4) is 0 Å². The number of hydrogen-bond donors (Lipinski definition) is 0. The van der Waals surface area contributed by atoms with Crippen molar-refractivity contribution in [1.29, 1.82) is 0 Å². The fourth-order valence-corrected chi connectivity index (χ4v) is 3.92. The predicted octanol–water partition coefficient (Wildman–Crippen LogP) is 3.27. The zero-order valence-electron chi connectivity index (χ0n) is 19.5. The molecular weight excluding hydrogens is 423 g/mol. The zero-order valence-corrected chi connectivity index (χ0v) is 19.5. The van der Waals surface area contributed by atoms with Crippen molar-refractivity contribution >= 4 is 11.7 Å². The van der Waals surface area contributed by atoms with Crippen molar-refractivity contribution < 1.29 is 13.9 Å². The number of hydrogen-bond acceptors (Lipinski definition) is 6. The van der Waals surface area contributed by atoms with E-state index in [9.17, 15) is 9.18 Å². The first-order chi connectivity index (χ1) is 15.9. The van der Waals surface area contributed by atoms with E-state index in [0.717, 1.165) is 23.0 Å². The first-order valence-electron chi connectivity index (χ1n) is 11.1. The van der Waals surface area contributed by atoms with Crippen LogP contribution < -0.4 is 9.64 Å². The molecule has 1 aromatic carbocycles. The van der Waals surface area contributed by atoms with Crippen LogP contribution in [0, 0.1) is 12.7 Å². The molecule has 0 radical (unpaired) electrons. The first kappa shape index (κ1) is 22.7. The molecule has 33 heavy (non-hydrogen) atoms. The smallest absolute Gasteiger partial charge is 0.244 e. The van der Waals surface area contributed by atoms with Gasteiger partial charge in [-0.2, -0.15) is 5.10 Å². The van der Waals surface area contributed by atoms with E-state index in [-0.39, 0.29) is 24.2 Å². The fourth-order valence-electron chi connectivity index (χ4n) is 3.92. The number of benzene rings is 1. The molecule has 0 saturated carbocycles. The van der Waals surface area contributed by atoms with Crippen LogP contribution in [-0.4, -0.2) is 63.8 Å². The third-order valence-corrected chi connectivity index (χ3v) is 5.83.